The molecule has 0 atom stereocenters. The number of benzene rings is 2. The first kappa shape index (κ1) is 9.85. The lowest BCUT2D eigenvalue weighted by Crippen LogP contribution is -1.86. The van der Waals surface area contributed by atoms with Gasteiger partial charge in [0.1, 0.15) is 11.9 Å². The fraction of sp³-hybridized carbons (Fsp3) is 0. The number of para-hydroxylation sites is 2. The Balaban J connectivity index is 1.96. The Kier molecular flexibility index (Phi) is 2.47. The minimum absolute atomic E-state index is 0.634. The Morgan fingerprint density at radius 3 is 2.53 bits per heavy atom. The van der Waals surface area contributed by atoms with E-state index in [9.17, 15) is 0 Å². The molecule has 2 nitrogen and oxygen atoms in total. The zero-order chi connectivity index (χ0) is 11.5. The van der Waals surface area contributed by atoms with Crippen molar-refractivity contribution in [3.63, 3.8) is 0 Å². The molecule has 0 aliphatic carbocycles. The molecule has 0 amide bonds. The van der Waals surface area contributed by atoms with Crippen molar-refractivity contribution in [1.82, 2.24) is 4.98 Å². The number of rotatable bonds is 2. The van der Waals surface area contributed by atoms with Gasteiger partial charge in [-0.05, 0) is 24.3 Å². The van der Waals surface area contributed by atoms with Gasteiger partial charge in [0.2, 0.25) is 0 Å². The van der Waals surface area contributed by atoms with E-state index in [1.54, 1.807) is 0 Å². The van der Waals surface area contributed by atoms with Crippen LogP contribution >= 0.6 is 0 Å². The molecule has 0 bridgehead atoms. The Morgan fingerprint density at radius 2 is 1.65 bits per heavy atom. The lowest BCUT2D eigenvalue weighted by atomic mass is 10.2. The van der Waals surface area contributed by atoms with Gasteiger partial charge in [-0.2, -0.15) is 0 Å². The molecule has 17 heavy (non-hydrogen) atoms. The van der Waals surface area contributed by atoms with Crippen molar-refractivity contribution in [2.45, 2.75) is 0 Å². The second-order valence-electron chi connectivity index (χ2n) is 3.71. The maximum absolute atomic E-state index is 5.67. The van der Waals surface area contributed by atoms with Crippen molar-refractivity contribution in [1.29, 1.82) is 0 Å². The first-order chi connectivity index (χ1) is 8.42. The maximum Gasteiger partial charge on any atom is 0.156 e. The fourth-order valence-electron chi connectivity index (χ4n) is 1.67. The smallest absolute Gasteiger partial charge is 0.156 e. The van der Waals surface area contributed by atoms with Gasteiger partial charge in [0.05, 0.1) is 5.52 Å². The van der Waals surface area contributed by atoms with Gasteiger partial charge in [-0.25, -0.2) is 4.98 Å². The Bertz CT molecular complexity index is 635. The molecule has 1 heterocycles. The quantitative estimate of drug-likeness (QED) is 0.654. The normalized spacial score (nSPS) is 10.4. The molecule has 0 unspecified atom stereocenters. The van der Waals surface area contributed by atoms with Gasteiger partial charge in [-0.3, -0.25) is 0 Å². The molecule has 0 N–H and O–H groups in total. The molecular formula is C15H10NO. The number of fused-ring (bicyclic) bond motifs is 1. The first-order valence-corrected chi connectivity index (χ1v) is 5.42. The van der Waals surface area contributed by atoms with Crippen molar-refractivity contribution in [3.05, 3.63) is 66.9 Å². The number of hydrogen-bond acceptors (Lipinski definition) is 2. The molecule has 3 aromatic rings. The van der Waals surface area contributed by atoms with Crippen LogP contribution in [0.3, 0.4) is 0 Å². The molecule has 3 rings (SSSR count). The SMILES string of the molecule is [c]1nc2ccccc2cc1Oc1ccccc1. The van der Waals surface area contributed by atoms with E-state index in [1.165, 1.54) is 0 Å². The molecule has 81 valence electrons. The summed E-state index contributed by atoms with van der Waals surface area (Å²) in [4.78, 5) is 4.23. The lowest BCUT2D eigenvalue weighted by Gasteiger charge is -2.05. The number of hydrogen-bond donors (Lipinski definition) is 0. The van der Waals surface area contributed by atoms with Crippen LogP contribution in [0.15, 0.2) is 60.7 Å². The highest BCUT2D eigenvalue weighted by Crippen LogP contribution is 2.22. The minimum atomic E-state index is 0.634. The zero-order valence-corrected chi connectivity index (χ0v) is 9.13. The van der Waals surface area contributed by atoms with E-state index in [0.29, 0.717) is 5.75 Å². The van der Waals surface area contributed by atoms with Crippen LogP contribution in [-0.2, 0) is 0 Å². The second kappa shape index (κ2) is 4.26. The summed E-state index contributed by atoms with van der Waals surface area (Å²) in [5, 5.41) is 1.05. The van der Waals surface area contributed by atoms with Gasteiger partial charge in [-0.15, -0.1) is 0 Å². The van der Waals surface area contributed by atoms with Crippen LogP contribution in [0.1, 0.15) is 0 Å². The van der Waals surface area contributed by atoms with Crippen LogP contribution in [0.25, 0.3) is 10.9 Å². The summed E-state index contributed by atoms with van der Waals surface area (Å²) in [6, 6.07) is 19.5. The van der Waals surface area contributed by atoms with Gasteiger partial charge < -0.3 is 4.74 Å². The predicted octanol–water partition coefficient (Wildman–Crippen LogP) is 3.83. The molecule has 0 saturated heterocycles. The summed E-state index contributed by atoms with van der Waals surface area (Å²) in [7, 11) is 0. The third-order valence-corrected chi connectivity index (χ3v) is 2.48. The average molecular weight is 220 g/mol. The number of ether oxygens (including phenoxy) is 1. The van der Waals surface area contributed by atoms with Crippen LogP contribution in [0, 0.1) is 6.20 Å². The largest absolute Gasteiger partial charge is 0.455 e. The van der Waals surface area contributed by atoms with Crippen molar-refractivity contribution >= 4 is 10.9 Å². The highest BCUT2D eigenvalue weighted by molar-refractivity contribution is 5.79. The van der Waals surface area contributed by atoms with E-state index in [2.05, 4.69) is 11.2 Å². The number of pyridine rings is 1. The minimum Gasteiger partial charge on any atom is -0.455 e. The topological polar surface area (TPSA) is 22.1 Å². The molecule has 1 radical (unpaired) electrons. The summed E-state index contributed by atoms with van der Waals surface area (Å²) >= 11 is 0. The second-order valence-corrected chi connectivity index (χ2v) is 3.71. The molecule has 1 aromatic heterocycles. The molecule has 0 spiro atoms. The number of aromatic nitrogens is 1. The summed E-state index contributed by atoms with van der Waals surface area (Å²) in [6.45, 7) is 0. The summed E-state index contributed by atoms with van der Waals surface area (Å²) in [5.74, 6) is 1.43. The van der Waals surface area contributed by atoms with E-state index >= 15 is 0 Å². The third-order valence-electron chi connectivity index (χ3n) is 2.48. The van der Waals surface area contributed by atoms with E-state index in [4.69, 9.17) is 4.74 Å². The maximum atomic E-state index is 5.67. The lowest BCUT2D eigenvalue weighted by molar-refractivity contribution is 0.480. The average Bonchev–Trinajstić information content (AvgIpc) is 2.40. The van der Waals surface area contributed by atoms with Crippen molar-refractivity contribution in [2.24, 2.45) is 0 Å². The Labute approximate surface area is 99.5 Å². The molecule has 0 aliphatic rings. The van der Waals surface area contributed by atoms with E-state index in [1.807, 2.05) is 60.7 Å². The molecular weight excluding hydrogens is 210 g/mol. The number of nitrogens with zero attached hydrogens (tertiary/aromatic N) is 1. The monoisotopic (exact) mass is 220 g/mol. The Hall–Kier alpha value is -2.35. The molecule has 0 saturated carbocycles. The fourth-order valence-corrected chi connectivity index (χ4v) is 1.67. The first-order valence-electron chi connectivity index (χ1n) is 5.42. The third kappa shape index (κ3) is 2.11. The van der Waals surface area contributed by atoms with Gasteiger partial charge in [0, 0.05) is 5.39 Å². The van der Waals surface area contributed by atoms with Gasteiger partial charge in [-0.1, -0.05) is 36.4 Å². The van der Waals surface area contributed by atoms with Crippen LogP contribution in [0.5, 0.6) is 11.5 Å². The summed E-state index contributed by atoms with van der Waals surface area (Å²) < 4.78 is 5.67. The summed E-state index contributed by atoms with van der Waals surface area (Å²) in [6.07, 6.45) is 2.89. The highest BCUT2D eigenvalue weighted by Gasteiger charge is 2.00. The van der Waals surface area contributed by atoms with E-state index < -0.39 is 0 Å². The van der Waals surface area contributed by atoms with Gasteiger partial charge in [0.15, 0.2) is 5.75 Å². The standard InChI is InChI=1S/C15H10NO/c1-2-7-13(8-3-1)17-14-10-12-6-4-5-9-15(12)16-11-14/h1-10H. The van der Waals surface area contributed by atoms with E-state index in [-0.39, 0.29) is 0 Å². The molecule has 2 aromatic carbocycles. The zero-order valence-electron chi connectivity index (χ0n) is 9.13. The highest BCUT2D eigenvalue weighted by atomic mass is 16.5. The van der Waals surface area contributed by atoms with Gasteiger partial charge in [0.25, 0.3) is 0 Å². The van der Waals surface area contributed by atoms with E-state index in [0.717, 1.165) is 16.7 Å². The molecule has 0 aliphatic heterocycles. The Morgan fingerprint density at radius 1 is 0.882 bits per heavy atom. The van der Waals surface area contributed by atoms with Crippen molar-refractivity contribution < 1.29 is 4.74 Å². The van der Waals surface area contributed by atoms with Crippen LogP contribution < -0.4 is 4.74 Å². The summed E-state index contributed by atoms with van der Waals surface area (Å²) in [5.41, 5.74) is 0.924. The van der Waals surface area contributed by atoms with Crippen LogP contribution in [0.4, 0.5) is 0 Å². The van der Waals surface area contributed by atoms with Crippen molar-refractivity contribution in [3.8, 4) is 11.5 Å². The van der Waals surface area contributed by atoms with Crippen molar-refractivity contribution in [2.75, 3.05) is 0 Å². The van der Waals surface area contributed by atoms with Gasteiger partial charge >= 0.3 is 0 Å². The van der Waals surface area contributed by atoms with Crippen LogP contribution in [0.2, 0.25) is 0 Å². The predicted molar refractivity (Wildman–Crippen MR) is 67.1 cm³/mol. The van der Waals surface area contributed by atoms with Crippen LogP contribution in [-0.4, -0.2) is 4.98 Å². The molecule has 2 heteroatoms. The molecule has 0 fully saturated rings.